The molecule has 0 spiro atoms. The Morgan fingerprint density at radius 1 is 0.380 bits per heavy atom. The molecule has 242 valence electrons. The smallest absolute Gasteiger partial charge is 0.0520 e. The predicted octanol–water partition coefficient (Wildman–Crippen LogP) is 13.3. The molecule has 0 unspecified atom stereocenters. The monoisotopic (exact) mass is 643 g/mol. The summed E-state index contributed by atoms with van der Waals surface area (Å²) >= 11 is 0. The van der Waals surface area contributed by atoms with E-state index < -0.39 is 0 Å². The van der Waals surface area contributed by atoms with Gasteiger partial charge in [-0.25, -0.2) is 0 Å². The molecule has 0 fully saturated rings. The highest BCUT2D eigenvalue weighted by Gasteiger charge is 2.18. The van der Waals surface area contributed by atoms with Crippen molar-refractivity contribution in [3.05, 3.63) is 232 Å². The lowest BCUT2D eigenvalue weighted by Gasteiger charge is -2.29. The summed E-state index contributed by atoms with van der Waals surface area (Å²) in [7, 11) is 0. The van der Waals surface area contributed by atoms with Crippen molar-refractivity contribution in [1.82, 2.24) is 0 Å². The summed E-state index contributed by atoms with van der Waals surface area (Å²) in [5.74, 6) is 0. The fourth-order valence-corrected chi connectivity index (χ4v) is 6.84. The van der Waals surface area contributed by atoms with E-state index in [1.165, 1.54) is 55.8 Å². The topological polar surface area (TPSA) is 3.24 Å². The van der Waals surface area contributed by atoms with Gasteiger partial charge in [-0.1, -0.05) is 163 Å². The molecule has 0 atom stereocenters. The molecule has 1 nitrogen and oxygen atoms in total. The lowest BCUT2D eigenvalue weighted by atomic mass is 9.95. The van der Waals surface area contributed by atoms with Crippen LogP contribution in [-0.2, 0) is 0 Å². The summed E-state index contributed by atoms with van der Waals surface area (Å²) in [4.78, 5) is 2.40. The molecule has 0 bridgehead atoms. The molecule has 7 aromatic carbocycles. The predicted molar refractivity (Wildman–Crippen MR) is 215 cm³/mol. The Balaban J connectivity index is 1.29. The first-order valence-corrected chi connectivity index (χ1v) is 17.3. The van der Waals surface area contributed by atoms with Crippen molar-refractivity contribution in [2.75, 3.05) is 4.90 Å². The van der Waals surface area contributed by atoms with Crippen LogP contribution < -0.4 is 4.90 Å². The van der Waals surface area contributed by atoms with Gasteiger partial charge in [0.15, 0.2) is 0 Å². The van der Waals surface area contributed by atoms with Gasteiger partial charge in [0.2, 0.25) is 0 Å². The molecule has 0 amide bonds. The molecular weight excluding hydrogens is 603 g/mol. The van der Waals surface area contributed by atoms with Crippen molar-refractivity contribution >= 4 is 40.4 Å². The van der Waals surface area contributed by atoms with Crippen LogP contribution in [-0.4, -0.2) is 0 Å². The molecule has 0 saturated heterocycles. The van der Waals surface area contributed by atoms with Crippen molar-refractivity contribution in [3.8, 4) is 0 Å². The maximum absolute atomic E-state index is 2.40. The number of hydrogen-bond donors (Lipinski definition) is 0. The Kier molecular flexibility index (Phi) is 9.67. The molecule has 0 heterocycles. The third kappa shape index (κ3) is 7.28. The van der Waals surface area contributed by atoms with E-state index in [0.717, 1.165) is 22.5 Å². The molecule has 0 radical (unpaired) electrons. The lowest BCUT2D eigenvalue weighted by Crippen LogP contribution is -2.13. The first kappa shape index (κ1) is 32.4. The summed E-state index contributed by atoms with van der Waals surface area (Å²) in [5.41, 5.74) is 16.8. The van der Waals surface area contributed by atoms with E-state index in [-0.39, 0.29) is 0 Å². The van der Waals surface area contributed by atoms with Gasteiger partial charge in [0.25, 0.3) is 0 Å². The van der Waals surface area contributed by atoms with Gasteiger partial charge in [-0.05, 0) is 113 Å². The zero-order chi connectivity index (χ0) is 34.3. The zero-order valence-corrected chi connectivity index (χ0v) is 28.9. The third-order valence-electron chi connectivity index (χ3n) is 9.12. The number of rotatable bonds is 9. The van der Waals surface area contributed by atoms with Crippen molar-refractivity contribution in [2.24, 2.45) is 0 Å². The highest BCUT2D eigenvalue weighted by atomic mass is 15.1. The highest BCUT2D eigenvalue weighted by molar-refractivity contribution is 5.93. The van der Waals surface area contributed by atoms with Crippen LogP contribution in [0.15, 0.2) is 182 Å². The maximum Gasteiger partial charge on any atom is 0.0520 e. The number of benzene rings is 7. The quantitative estimate of drug-likeness (QED) is 0.142. The number of aryl methyl sites for hydroxylation is 3. The molecule has 7 rings (SSSR count). The number of nitrogens with zero attached hydrogens (tertiary/aromatic N) is 1. The van der Waals surface area contributed by atoms with Crippen molar-refractivity contribution in [2.45, 2.75) is 20.8 Å². The van der Waals surface area contributed by atoms with Gasteiger partial charge in [0.1, 0.15) is 0 Å². The SMILES string of the molecule is Cc1cc(C)c(N(c2ccc(C=C(c3ccccc3)c3ccccc3)cc2)c2ccc(C=C(c3ccccc3)c3ccccc3)cc2)c(C)c1. The van der Waals surface area contributed by atoms with Crippen LogP contribution in [0, 0.1) is 20.8 Å². The van der Waals surface area contributed by atoms with Crippen LogP contribution in [0.25, 0.3) is 23.3 Å². The van der Waals surface area contributed by atoms with Gasteiger partial charge in [0, 0.05) is 11.4 Å². The van der Waals surface area contributed by atoms with Gasteiger partial charge < -0.3 is 4.90 Å². The zero-order valence-electron chi connectivity index (χ0n) is 28.9. The van der Waals surface area contributed by atoms with Gasteiger partial charge in [0.05, 0.1) is 5.69 Å². The lowest BCUT2D eigenvalue weighted by molar-refractivity contribution is 1.20. The van der Waals surface area contributed by atoms with Crippen LogP contribution in [0.4, 0.5) is 17.1 Å². The van der Waals surface area contributed by atoms with Crippen LogP contribution in [0.2, 0.25) is 0 Å². The van der Waals surface area contributed by atoms with E-state index in [0.29, 0.717) is 0 Å². The summed E-state index contributed by atoms with van der Waals surface area (Å²) in [6.45, 7) is 6.60. The first-order valence-electron chi connectivity index (χ1n) is 17.3. The molecule has 0 saturated carbocycles. The van der Waals surface area contributed by atoms with E-state index in [1.54, 1.807) is 0 Å². The minimum absolute atomic E-state index is 1.12. The van der Waals surface area contributed by atoms with Crippen molar-refractivity contribution in [1.29, 1.82) is 0 Å². The average Bonchev–Trinajstić information content (AvgIpc) is 3.16. The van der Waals surface area contributed by atoms with E-state index in [1.807, 2.05) is 0 Å². The highest BCUT2D eigenvalue weighted by Crippen LogP contribution is 2.40. The van der Waals surface area contributed by atoms with Gasteiger partial charge in [-0.15, -0.1) is 0 Å². The summed E-state index contributed by atoms with van der Waals surface area (Å²) < 4.78 is 0. The number of hydrogen-bond acceptors (Lipinski definition) is 1. The summed E-state index contributed by atoms with van der Waals surface area (Å²) in [6.07, 6.45) is 4.58. The fourth-order valence-electron chi connectivity index (χ4n) is 6.84. The Bertz CT molecular complexity index is 1990. The Labute approximate surface area is 297 Å². The van der Waals surface area contributed by atoms with Gasteiger partial charge in [-0.2, -0.15) is 0 Å². The summed E-state index contributed by atoms with van der Waals surface area (Å²) in [6, 6.07) is 65.0. The molecule has 0 aliphatic heterocycles. The van der Waals surface area contributed by atoms with E-state index >= 15 is 0 Å². The first-order chi connectivity index (χ1) is 24.5. The molecular formula is C49H41N. The minimum Gasteiger partial charge on any atom is -0.310 e. The van der Waals surface area contributed by atoms with Gasteiger partial charge >= 0.3 is 0 Å². The molecule has 0 aliphatic rings. The Hall–Kier alpha value is -6.18. The van der Waals surface area contributed by atoms with Crippen molar-refractivity contribution < 1.29 is 0 Å². The molecule has 0 aliphatic carbocycles. The van der Waals surface area contributed by atoms with Crippen LogP contribution >= 0.6 is 0 Å². The Morgan fingerprint density at radius 2 is 0.680 bits per heavy atom. The molecule has 1 heteroatoms. The van der Waals surface area contributed by atoms with Crippen LogP contribution in [0.3, 0.4) is 0 Å². The standard InChI is InChI=1S/C49H41N/c1-36-32-37(2)49(38(3)33-36)50(45-28-24-39(25-29-45)34-47(41-16-8-4-9-17-41)42-18-10-5-11-19-42)46-30-26-40(27-31-46)35-48(43-20-12-6-13-21-43)44-22-14-7-15-23-44/h4-35H,1-3H3. The van der Waals surface area contributed by atoms with Gasteiger partial charge in [-0.3, -0.25) is 0 Å². The Morgan fingerprint density at radius 3 is 0.980 bits per heavy atom. The maximum atomic E-state index is 2.40. The van der Waals surface area contributed by atoms with E-state index in [9.17, 15) is 0 Å². The number of anilines is 3. The van der Waals surface area contributed by atoms with E-state index in [4.69, 9.17) is 0 Å². The second-order valence-corrected chi connectivity index (χ2v) is 12.8. The molecule has 0 aromatic heterocycles. The minimum atomic E-state index is 1.12. The second kappa shape index (κ2) is 14.9. The molecule has 0 N–H and O–H groups in total. The van der Waals surface area contributed by atoms with Crippen LogP contribution in [0.1, 0.15) is 50.1 Å². The van der Waals surface area contributed by atoms with E-state index in [2.05, 4.69) is 220 Å². The largest absolute Gasteiger partial charge is 0.310 e. The summed E-state index contributed by atoms with van der Waals surface area (Å²) in [5, 5.41) is 0. The average molecular weight is 644 g/mol. The fraction of sp³-hybridized carbons (Fsp3) is 0.0612. The molecule has 7 aromatic rings. The third-order valence-corrected chi connectivity index (χ3v) is 9.12. The second-order valence-electron chi connectivity index (χ2n) is 12.8. The van der Waals surface area contributed by atoms with Crippen molar-refractivity contribution in [3.63, 3.8) is 0 Å². The normalized spacial score (nSPS) is 10.7. The molecule has 50 heavy (non-hydrogen) atoms. The van der Waals surface area contributed by atoms with Crippen LogP contribution in [0.5, 0.6) is 0 Å².